The van der Waals surface area contributed by atoms with E-state index in [9.17, 15) is 0 Å². The lowest BCUT2D eigenvalue weighted by molar-refractivity contribution is 0.605. The maximum atomic E-state index is 5.12. The molecule has 1 heterocycles. The van der Waals surface area contributed by atoms with E-state index in [2.05, 4.69) is 104 Å². The van der Waals surface area contributed by atoms with Gasteiger partial charge in [-0.2, -0.15) is 0 Å². The molecule has 0 bridgehead atoms. The molecule has 1 heteroatoms. The first-order chi connectivity index (χ1) is 13.2. The number of hydrogen-bond acceptors (Lipinski definition) is 1. The van der Waals surface area contributed by atoms with Gasteiger partial charge in [0.1, 0.15) is 0 Å². The van der Waals surface area contributed by atoms with E-state index in [4.69, 9.17) is 4.98 Å². The fourth-order valence-electron chi connectivity index (χ4n) is 4.12. The van der Waals surface area contributed by atoms with Crippen molar-refractivity contribution in [2.45, 2.75) is 18.8 Å². The molecule has 0 fully saturated rings. The Bertz CT molecular complexity index is 1200. The Hall–Kier alpha value is -3.19. The molecule has 1 unspecified atom stereocenters. The van der Waals surface area contributed by atoms with Crippen LogP contribution in [0.5, 0.6) is 0 Å². The van der Waals surface area contributed by atoms with E-state index in [1.165, 1.54) is 21.7 Å². The van der Waals surface area contributed by atoms with Gasteiger partial charge in [-0.1, -0.05) is 98.0 Å². The predicted molar refractivity (Wildman–Crippen MR) is 115 cm³/mol. The summed E-state index contributed by atoms with van der Waals surface area (Å²) in [4.78, 5) is 5.12. The van der Waals surface area contributed by atoms with E-state index >= 15 is 0 Å². The third-order valence-corrected chi connectivity index (χ3v) is 5.64. The average molecular weight is 347 g/mol. The Morgan fingerprint density at radius 3 is 2.44 bits per heavy atom. The van der Waals surface area contributed by atoms with Gasteiger partial charge in [0.05, 0.1) is 11.2 Å². The largest absolute Gasteiger partial charge is 0.247 e. The summed E-state index contributed by atoms with van der Waals surface area (Å²) in [7, 11) is 0. The zero-order valence-electron chi connectivity index (χ0n) is 15.4. The van der Waals surface area contributed by atoms with Gasteiger partial charge < -0.3 is 0 Å². The molecule has 0 N–H and O–H groups in total. The summed E-state index contributed by atoms with van der Waals surface area (Å²) in [6, 6.07) is 25.8. The van der Waals surface area contributed by atoms with Crippen molar-refractivity contribution in [3.8, 4) is 11.3 Å². The Balaban J connectivity index is 1.88. The van der Waals surface area contributed by atoms with E-state index in [-0.39, 0.29) is 5.41 Å². The summed E-state index contributed by atoms with van der Waals surface area (Å²) in [5.74, 6) is 0. The molecule has 5 rings (SSSR count). The minimum absolute atomic E-state index is 0.0259. The SMILES string of the molecule is CC1(c2cc(-c3ccccc3)nc3c2ccc2ccccc23)C=CC=CC1. The van der Waals surface area contributed by atoms with Crippen molar-refractivity contribution in [1.29, 1.82) is 0 Å². The lowest BCUT2D eigenvalue weighted by Crippen LogP contribution is -2.20. The van der Waals surface area contributed by atoms with Crippen LogP contribution in [-0.2, 0) is 5.41 Å². The summed E-state index contributed by atoms with van der Waals surface area (Å²) < 4.78 is 0. The van der Waals surface area contributed by atoms with Gasteiger partial charge in [-0.05, 0) is 23.4 Å². The van der Waals surface area contributed by atoms with Gasteiger partial charge >= 0.3 is 0 Å². The van der Waals surface area contributed by atoms with E-state index in [0.717, 1.165) is 23.2 Å². The topological polar surface area (TPSA) is 12.9 Å². The third kappa shape index (κ3) is 2.67. The molecule has 3 aromatic carbocycles. The molecule has 130 valence electrons. The summed E-state index contributed by atoms with van der Waals surface area (Å²) in [6.45, 7) is 2.33. The maximum absolute atomic E-state index is 5.12. The summed E-state index contributed by atoms with van der Waals surface area (Å²) >= 11 is 0. The minimum Gasteiger partial charge on any atom is -0.247 e. The molecule has 4 aromatic rings. The van der Waals surface area contributed by atoms with Gasteiger partial charge in [-0.15, -0.1) is 0 Å². The third-order valence-electron chi connectivity index (χ3n) is 5.64. The summed E-state index contributed by atoms with van der Waals surface area (Å²) in [5, 5.41) is 3.70. The Labute approximate surface area is 159 Å². The second-order valence-electron chi connectivity index (χ2n) is 7.51. The molecular formula is C26H21N. The fourth-order valence-corrected chi connectivity index (χ4v) is 4.12. The standard InChI is InChI=1S/C26H21N/c1-26(16-8-3-9-17-26)23-18-24(20-11-4-2-5-12-20)27-25-21-13-7-6-10-19(21)14-15-22(23)25/h2-16,18H,17H2,1H3. The zero-order chi connectivity index (χ0) is 18.3. The molecule has 0 saturated carbocycles. The van der Waals surface area contributed by atoms with Crippen LogP contribution in [0.1, 0.15) is 18.9 Å². The molecule has 1 aliphatic rings. The molecule has 0 spiro atoms. The number of pyridine rings is 1. The molecule has 0 amide bonds. The molecule has 0 radical (unpaired) electrons. The Kier molecular flexibility index (Phi) is 3.68. The van der Waals surface area contributed by atoms with Crippen molar-refractivity contribution in [3.63, 3.8) is 0 Å². The molecule has 1 aromatic heterocycles. The van der Waals surface area contributed by atoms with E-state index in [1.807, 2.05) is 0 Å². The van der Waals surface area contributed by atoms with Crippen LogP contribution in [0.4, 0.5) is 0 Å². The first kappa shape index (κ1) is 16.0. The Morgan fingerprint density at radius 2 is 1.63 bits per heavy atom. The van der Waals surface area contributed by atoms with Crippen LogP contribution in [-0.4, -0.2) is 4.98 Å². The van der Waals surface area contributed by atoms with Gasteiger partial charge in [-0.3, -0.25) is 0 Å². The zero-order valence-corrected chi connectivity index (χ0v) is 15.4. The van der Waals surface area contributed by atoms with E-state index < -0.39 is 0 Å². The molecule has 0 aliphatic heterocycles. The van der Waals surface area contributed by atoms with Crippen molar-refractivity contribution < 1.29 is 0 Å². The fraction of sp³-hybridized carbons (Fsp3) is 0.115. The van der Waals surface area contributed by atoms with Crippen LogP contribution >= 0.6 is 0 Å². The van der Waals surface area contributed by atoms with Gasteiger partial charge in [0.2, 0.25) is 0 Å². The van der Waals surface area contributed by atoms with Gasteiger partial charge in [0.25, 0.3) is 0 Å². The lowest BCUT2D eigenvalue weighted by Gasteiger charge is -2.29. The second kappa shape index (κ2) is 6.21. The van der Waals surface area contributed by atoms with Gasteiger partial charge in [-0.25, -0.2) is 4.98 Å². The minimum atomic E-state index is -0.0259. The number of aromatic nitrogens is 1. The molecule has 27 heavy (non-hydrogen) atoms. The van der Waals surface area contributed by atoms with Crippen LogP contribution in [0.3, 0.4) is 0 Å². The molecule has 0 saturated heterocycles. The van der Waals surface area contributed by atoms with Crippen molar-refractivity contribution in [1.82, 2.24) is 4.98 Å². The smallest absolute Gasteiger partial charge is 0.0790 e. The summed E-state index contributed by atoms with van der Waals surface area (Å²) in [5.41, 5.74) is 4.61. The number of allylic oxidation sites excluding steroid dienone is 4. The van der Waals surface area contributed by atoms with E-state index in [1.54, 1.807) is 0 Å². The van der Waals surface area contributed by atoms with Crippen LogP contribution in [0.15, 0.2) is 97.1 Å². The van der Waals surface area contributed by atoms with Crippen molar-refractivity contribution in [3.05, 3.63) is 103 Å². The monoisotopic (exact) mass is 347 g/mol. The average Bonchev–Trinajstić information content (AvgIpc) is 2.74. The number of nitrogens with zero attached hydrogens (tertiary/aromatic N) is 1. The molecule has 1 aliphatic carbocycles. The van der Waals surface area contributed by atoms with Crippen LogP contribution in [0, 0.1) is 0 Å². The first-order valence-corrected chi connectivity index (χ1v) is 9.47. The van der Waals surface area contributed by atoms with Gasteiger partial charge in [0, 0.05) is 21.8 Å². The van der Waals surface area contributed by atoms with Crippen molar-refractivity contribution in [2.75, 3.05) is 0 Å². The quantitative estimate of drug-likeness (QED) is 0.362. The highest BCUT2D eigenvalue weighted by Crippen LogP contribution is 2.39. The number of benzene rings is 3. The first-order valence-electron chi connectivity index (χ1n) is 9.47. The van der Waals surface area contributed by atoms with Crippen molar-refractivity contribution >= 4 is 21.7 Å². The van der Waals surface area contributed by atoms with E-state index in [0.29, 0.717) is 0 Å². The lowest BCUT2D eigenvalue weighted by atomic mass is 9.75. The maximum Gasteiger partial charge on any atom is 0.0790 e. The summed E-state index contributed by atoms with van der Waals surface area (Å²) in [6.07, 6.45) is 9.89. The second-order valence-corrected chi connectivity index (χ2v) is 7.51. The highest BCUT2D eigenvalue weighted by molar-refractivity contribution is 6.07. The molecule has 1 nitrogen and oxygen atoms in total. The molecule has 1 atom stereocenters. The highest BCUT2D eigenvalue weighted by Gasteiger charge is 2.27. The number of hydrogen-bond donors (Lipinski definition) is 0. The molecular weight excluding hydrogens is 326 g/mol. The Morgan fingerprint density at radius 1 is 0.815 bits per heavy atom. The van der Waals surface area contributed by atoms with Crippen LogP contribution in [0.2, 0.25) is 0 Å². The number of fused-ring (bicyclic) bond motifs is 3. The highest BCUT2D eigenvalue weighted by atomic mass is 14.7. The van der Waals surface area contributed by atoms with Crippen LogP contribution in [0.25, 0.3) is 32.9 Å². The predicted octanol–water partition coefficient (Wildman–Crippen LogP) is 6.83. The van der Waals surface area contributed by atoms with Crippen LogP contribution < -0.4 is 0 Å². The normalized spacial score (nSPS) is 19.0. The van der Waals surface area contributed by atoms with Crippen molar-refractivity contribution in [2.24, 2.45) is 0 Å². The number of rotatable bonds is 2. The van der Waals surface area contributed by atoms with Gasteiger partial charge in [0.15, 0.2) is 0 Å².